The van der Waals surface area contributed by atoms with Gasteiger partial charge in [0, 0.05) is 6.54 Å². The number of aryl methyl sites for hydroxylation is 1. The number of halogens is 1. The summed E-state index contributed by atoms with van der Waals surface area (Å²) in [6, 6.07) is 12.4. The van der Waals surface area contributed by atoms with Crippen LogP contribution in [0.5, 0.6) is 0 Å². The van der Waals surface area contributed by atoms with Crippen molar-refractivity contribution >= 4 is 15.9 Å². The molecule has 17 heavy (non-hydrogen) atoms. The van der Waals surface area contributed by atoms with Crippen LogP contribution in [-0.2, 0) is 19.5 Å². The molecule has 0 fully saturated rings. The Morgan fingerprint density at radius 3 is 2.47 bits per heavy atom. The number of furan rings is 1. The molecule has 0 unspecified atom stereocenters. The molecule has 2 aromatic rings. The van der Waals surface area contributed by atoms with Gasteiger partial charge in [0.1, 0.15) is 5.76 Å². The zero-order valence-electron chi connectivity index (χ0n) is 9.87. The summed E-state index contributed by atoms with van der Waals surface area (Å²) in [6.07, 6.45) is 1.07. The lowest BCUT2D eigenvalue weighted by atomic mass is 10.1. The molecule has 2 rings (SSSR count). The van der Waals surface area contributed by atoms with E-state index in [2.05, 4.69) is 52.4 Å². The minimum Gasteiger partial charge on any atom is -0.453 e. The van der Waals surface area contributed by atoms with Crippen molar-refractivity contribution in [3.05, 3.63) is 58.0 Å². The van der Waals surface area contributed by atoms with E-state index in [9.17, 15) is 0 Å². The topological polar surface area (TPSA) is 25.2 Å². The fourth-order valence-electron chi connectivity index (χ4n) is 1.84. The normalized spacial score (nSPS) is 10.7. The largest absolute Gasteiger partial charge is 0.453 e. The van der Waals surface area contributed by atoms with Gasteiger partial charge in [-0.05, 0) is 45.6 Å². The first-order chi connectivity index (χ1) is 8.29. The number of benzene rings is 1. The summed E-state index contributed by atoms with van der Waals surface area (Å²) in [5, 5.41) is 3.39. The fourth-order valence-corrected chi connectivity index (χ4v) is 2.18. The van der Waals surface area contributed by atoms with E-state index in [0.29, 0.717) is 0 Å². The molecule has 0 aliphatic heterocycles. The van der Waals surface area contributed by atoms with Gasteiger partial charge < -0.3 is 9.73 Å². The van der Waals surface area contributed by atoms with Gasteiger partial charge in [0.2, 0.25) is 0 Å². The highest BCUT2D eigenvalue weighted by molar-refractivity contribution is 9.10. The van der Waals surface area contributed by atoms with E-state index in [1.165, 1.54) is 11.1 Å². The Morgan fingerprint density at radius 2 is 1.82 bits per heavy atom. The molecule has 1 N–H and O–H groups in total. The van der Waals surface area contributed by atoms with Gasteiger partial charge in [0.05, 0.1) is 6.54 Å². The number of hydrogen-bond donors (Lipinski definition) is 1. The highest BCUT2D eigenvalue weighted by atomic mass is 79.9. The standard InChI is InChI=1S/C14H16BrNO/c1-2-11-5-3-4-6-12(11)9-16-10-13-7-8-14(15)17-13/h3-8,16H,2,9-10H2,1H3. The van der Waals surface area contributed by atoms with Crippen LogP contribution in [0.2, 0.25) is 0 Å². The molecule has 0 bridgehead atoms. The van der Waals surface area contributed by atoms with Crippen molar-refractivity contribution in [1.29, 1.82) is 0 Å². The van der Waals surface area contributed by atoms with Crippen LogP contribution in [0.3, 0.4) is 0 Å². The first kappa shape index (κ1) is 12.4. The van der Waals surface area contributed by atoms with Crippen LogP contribution in [0, 0.1) is 0 Å². The Morgan fingerprint density at radius 1 is 1.06 bits per heavy atom. The zero-order chi connectivity index (χ0) is 12.1. The molecule has 0 aliphatic carbocycles. The summed E-state index contributed by atoms with van der Waals surface area (Å²) in [7, 11) is 0. The Balaban J connectivity index is 1.89. The maximum atomic E-state index is 5.43. The Bertz CT molecular complexity index is 479. The van der Waals surface area contributed by atoms with Crippen LogP contribution < -0.4 is 5.32 Å². The van der Waals surface area contributed by atoms with E-state index >= 15 is 0 Å². The molecule has 0 aliphatic rings. The molecule has 0 spiro atoms. The van der Waals surface area contributed by atoms with Crippen LogP contribution >= 0.6 is 15.9 Å². The van der Waals surface area contributed by atoms with Gasteiger partial charge in [-0.2, -0.15) is 0 Å². The predicted octanol–water partition coefficient (Wildman–Crippen LogP) is 3.89. The minimum atomic E-state index is 0.754. The zero-order valence-corrected chi connectivity index (χ0v) is 11.5. The molecular formula is C14H16BrNO. The summed E-state index contributed by atoms with van der Waals surface area (Å²) in [5.74, 6) is 0.950. The molecule has 2 nitrogen and oxygen atoms in total. The second-order valence-electron chi connectivity index (χ2n) is 3.93. The van der Waals surface area contributed by atoms with Gasteiger partial charge >= 0.3 is 0 Å². The maximum absolute atomic E-state index is 5.43. The average molecular weight is 294 g/mol. The average Bonchev–Trinajstić information content (AvgIpc) is 2.76. The Hall–Kier alpha value is -1.06. The van der Waals surface area contributed by atoms with Crippen LogP contribution in [0.4, 0.5) is 0 Å². The van der Waals surface area contributed by atoms with Gasteiger partial charge in [0.15, 0.2) is 4.67 Å². The monoisotopic (exact) mass is 293 g/mol. The summed E-state index contributed by atoms with van der Waals surface area (Å²) in [4.78, 5) is 0. The van der Waals surface area contributed by atoms with Crippen LogP contribution in [0.1, 0.15) is 23.8 Å². The Kier molecular flexibility index (Phi) is 4.40. The SMILES string of the molecule is CCc1ccccc1CNCc1ccc(Br)o1. The lowest BCUT2D eigenvalue weighted by molar-refractivity contribution is 0.465. The van der Waals surface area contributed by atoms with Crippen molar-refractivity contribution in [2.75, 3.05) is 0 Å². The van der Waals surface area contributed by atoms with E-state index in [-0.39, 0.29) is 0 Å². The third-order valence-electron chi connectivity index (χ3n) is 2.74. The van der Waals surface area contributed by atoms with Crippen LogP contribution in [-0.4, -0.2) is 0 Å². The smallest absolute Gasteiger partial charge is 0.169 e. The molecule has 1 heterocycles. The second-order valence-corrected chi connectivity index (χ2v) is 4.71. The van der Waals surface area contributed by atoms with Crippen molar-refractivity contribution in [3.63, 3.8) is 0 Å². The number of nitrogens with one attached hydrogen (secondary N) is 1. The lowest BCUT2D eigenvalue weighted by Gasteiger charge is -2.08. The quantitative estimate of drug-likeness (QED) is 0.905. The molecule has 0 saturated heterocycles. The Labute approximate surface area is 110 Å². The molecule has 0 saturated carbocycles. The third-order valence-corrected chi connectivity index (χ3v) is 3.17. The second kappa shape index (κ2) is 6.03. The summed E-state index contributed by atoms with van der Waals surface area (Å²) >= 11 is 3.30. The van der Waals surface area contributed by atoms with E-state index in [1.54, 1.807) is 0 Å². The number of hydrogen-bond acceptors (Lipinski definition) is 2. The maximum Gasteiger partial charge on any atom is 0.169 e. The molecule has 1 aromatic heterocycles. The van der Waals surface area contributed by atoms with E-state index in [1.807, 2.05) is 12.1 Å². The van der Waals surface area contributed by atoms with Crippen molar-refractivity contribution in [2.45, 2.75) is 26.4 Å². The summed E-state index contributed by atoms with van der Waals surface area (Å²) < 4.78 is 6.21. The number of rotatable bonds is 5. The third kappa shape index (κ3) is 3.45. The molecule has 0 radical (unpaired) electrons. The van der Waals surface area contributed by atoms with Gasteiger partial charge in [-0.15, -0.1) is 0 Å². The summed E-state index contributed by atoms with van der Waals surface area (Å²) in [6.45, 7) is 3.81. The van der Waals surface area contributed by atoms with Crippen LogP contribution in [0.25, 0.3) is 0 Å². The van der Waals surface area contributed by atoms with Crippen molar-refractivity contribution < 1.29 is 4.42 Å². The summed E-state index contributed by atoms with van der Waals surface area (Å²) in [5.41, 5.74) is 2.77. The van der Waals surface area contributed by atoms with Crippen molar-refractivity contribution in [2.24, 2.45) is 0 Å². The van der Waals surface area contributed by atoms with Crippen LogP contribution in [0.15, 0.2) is 45.5 Å². The molecule has 3 heteroatoms. The predicted molar refractivity (Wildman–Crippen MR) is 72.8 cm³/mol. The van der Waals surface area contributed by atoms with Crippen molar-refractivity contribution in [1.82, 2.24) is 5.32 Å². The molecular weight excluding hydrogens is 278 g/mol. The van der Waals surface area contributed by atoms with Gasteiger partial charge in [-0.1, -0.05) is 31.2 Å². The lowest BCUT2D eigenvalue weighted by Crippen LogP contribution is -2.13. The highest BCUT2D eigenvalue weighted by Gasteiger charge is 2.01. The van der Waals surface area contributed by atoms with E-state index in [0.717, 1.165) is 29.9 Å². The van der Waals surface area contributed by atoms with Gasteiger partial charge in [0.25, 0.3) is 0 Å². The van der Waals surface area contributed by atoms with Crippen molar-refractivity contribution in [3.8, 4) is 0 Å². The first-order valence-corrected chi connectivity index (χ1v) is 6.60. The van der Waals surface area contributed by atoms with E-state index in [4.69, 9.17) is 4.42 Å². The fraction of sp³-hybridized carbons (Fsp3) is 0.286. The molecule has 90 valence electrons. The molecule has 0 atom stereocenters. The molecule has 1 aromatic carbocycles. The van der Waals surface area contributed by atoms with Gasteiger partial charge in [-0.25, -0.2) is 0 Å². The molecule has 0 amide bonds. The van der Waals surface area contributed by atoms with E-state index < -0.39 is 0 Å². The first-order valence-electron chi connectivity index (χ1n) is 5.81. The van der Waals surface area contributed by atoms with Gasteiger partial charge in [-0.3, -0.25) is 0 Å². The highest BCUT2D eigenvalue weighted by Crippen LogP contribution is 2.14. The minimum absolute atomic E-state index is 0.754.